The van der Waals surface area contributed by atoms with Crippen LogP contribution in [0.5, 0.6) is 0 Å². The van der Waals surface area contributed by atoms with Crippen LogP contribution in [0.25, 0.3) is 4.96 Å². The molecule has 0 aliphatic carbocycles. The van der Waals surface area contributed by atoms with E-state index in [1.165, 1.54) is 38.7 Å². The molecule has 0 bridgehead atoms. The summed E-state index contributed by atoms with van der Waals surface area (Å²) < 4.78 is 6.90. The zero-order valence-electron chi connectivity index (χ0n) is 15.9. The Morgan fingerprint density at radius 2 is 2.07 bits per heavy atom. The van der Waals surface area contributed by atoms with E-state index >= 15 is 0 Å². The van der Waals surface area contributed by atoms with E-state index in [9.17, 15) is 19.2 Å². The van der Waals surface area contributed by atoms with Crippen molar-refractivity contribution < 1.29 is 19.1 Å². The Balaban J connectivity index is 1.50. The minimum Gasteiger partial charge on any atom is -0.456 e. The van der Waals surface area contributed by atoms with Crippen molar-refractivity contribution in [3.63, 3.8) is 0 Å². The molecule has 1 aromatic carbocycles. The second-order valence-electron chi connectivity index (χ2n) is 7.14. The Morgan fingerprint density at radius 3 is 2.90 bits per heavy atom. The molecule has 2 aromatic heterocycles. The van der Waals surface area contributed by atoms with Gasteiger partial charge in [-0.15, -0.1) is 11.3 Å². The van der Waals surface area contributed by atoms with Crippen LogP contribution in [0.1, 0.15) is 28.9 Å². The van der Waals surface area contributed by atoms with Crippen molar-refractivity contribution in [1.29, 1.82) is 0 Å². The normalized spacial score (nSPS) is 20.4. The van der Waals surface area contributed by atoms with E-state index in [2.05, 4.69) is 4.98 Å². The van der Waals surface area contributed by atoms with Gasteiger partial charge in [-0.05, 0) is 12.1 Å². The van der Waals surface area contributed by atoms with Gasteiger partial charge in [0.25, 0.3) is 11.5 Å². The molecule has 2 aliphatic heterocycles. The highest BCUT2D eigenvalue weighted by Gasteiger charge is 2.60. The molecule has 1 saturated heterocycles. The zero-order valence-corrected chi connectivity index (χ0v) is 16.7. The highest BCUT2D eigenvalue weighted by Crippen LogP contribution is 2.44. The van der Waals surface area contributed by atoms with Gasteiger partial charge in [-0.2, -0.15) is 0 Å². The predicted molar refractivity (Wildman–Crippen MR) is 107 cm³/mol. The first kappa shape index (κ1) is 18.5. The van der Waals surface area contributed by atoms with Crippen LogP contribution in [0.2, 0.25) is 0 Å². The van der Waals surface area contributed by atoms with Gasteiger partial charge in [0, 0.05) is 37.5 Å². The molecule has 1 fully saturated rings. The molecule has 1 atom stereocenters. The van der Waals surface area contributed by atoms with E-state index < -0.39 is 11.6 Å². The monoisotopic (exact) mass is 424 g/mol. The number of carbonyl (C=O) groups excluding carboxylic acids is 3. The minimum atomic E-state index is -1.55. The number of fused-ring (bicyclic) bond motifs is 4. The average Bonchev–Trinajstić information content (AvgIpc) is 3.36. The first-order valence-electron chi connectivity index (χ1n) is 9.27. The van der Waals surface area contributed by atoms with Crippen molar-refractivity contribution in [3.05, 3.63) is 63.5 Å². The summed E-state index contributed by atoms with van der Waals surface area (Å²) in [5.74, 6) is -1.34. The first-order chi connectivity index (χ1) is 14.4. The second-order valence-corrected chi connectivity index (χ2v) is 8.02. The minimum absolute atomic E-state index is 0.113. The third-order valence-corrected chi connectivity index (χ3v) is 6.33. The van der Waals surface area contributed by atoms with E-state index in [1.54, 1.807) is 35.8 Å². The summed E-state index contributed by atoms with van der Waals surface area (Å²) in [6.45, 7) is -0.240. The maximum Gasteiger partial charge on any atom is 0.354 e. The average molecular weight is 424 g/mol. The highest BCUT2D eigenvalue weighted by atomic mass is 32.1. The van der Waals surface area contributed by atoms with Gasteiger partial charge in [-0.3, -0.25) is 23.7 Å². The number of carbonyl (C=O) groups is 3. The Bertz CT molecular complexity index is 1280. The predicted octanol–water partition coefficient (Wildman–Crippen LogP) is 1.41. The third kappa shape index (κ3) is 2.43. The maximum atomic E-state index is 13.3. The van der Waals surface area contributed by atoms with E-state index in [1.807, 2.05) is 0 Å². The number of ether oxygens (including phenoxy) is 1. The summed E-state index contributed by atoms with van der Waals surface area (Å²) in [5.41, 5.74) is -0.770. The molecule has 0 N–H and O–H groups in total. The lowest BCUT2D eigenvalue weighted by atomic mass is 9.97. The summed E-state index contributed by atoms with van der Waals surface area (Å²) in [6, 6.07) is 8.00. The number of nitrogens with zero attached hydrogens (tertiary/aromatic N) is 4. The number of esters is 1. The number of thiazole rings is 1. The van der Waals surface area contributed by atoms with E-state index in [4.69, 9.17) is 4.74 Å². The Kier molecular flexibility index (Phi) is 4.00. The zero-order chi connectivity index (χ0) is 21.0. The number of likely N-dealkylation sites (N-methyl/N-ethyl adjacent to an activating group) is 1. The summed E-state index contributed by atoms with van der Waals surface area (Å²) >= 11 is 1.29. The lowest BCUT2D eigenvalue weighted by Crippen LogP contribution is -2.67. The van der Waals surface area contributed by atoms with Crippen molar-refractivity contribution in [3.8, 4) is 0 Å². The molecule has 3 aromatic rings. The molecule has 0 radical (unpaired) electrons. The van der Waals surface area contributed by atoms with Crippen LogP contribution in [-0.4, -0.2) is 44.8 Å². The molecule has 10 heteroatoms. The fraction of sp³-hybridized carbons (Fsp3) is 0.250. The summed E-state index contributed by atoms with van der Waals surface area (Å²) in [5, 5.41) is 1.74. The molecular weight excluding hydrogens is 408 g/mol. The Labute approximate surface area is 174 Å². The molecule has 2 aliphatic rings. The van der Waals surface area contributed by atoms with Crippen molar-refractivity contribution in [2.75, 3.05) is 11.9 Å². The summed E-state index contributed by atoms with van der Waals surface area (Å²) in [7, 11) is 1.49. The van der Waals surface area contributed by atoms with Gasteiger partial charge >= 0.3 is 5.97 Å². The van der Waals surface area contributed by atoms with Crippen molar-refractivity contribution in [2.24, 2.45) is 0 Å². The number of rotatable bonds is 3. The number of hydrogen-bond acceptors (Lipinski definition) is 7. The van der Waals surface area contributed by atoms with Gasteiger partial charge in [0.15, 0.2) is 4.96 Å². The molecule has 2 amide bonds. The van der Waals surface area contributed by atoms with Gasteiger partial charge in [-0.1, -0.05) is 12.1 Å². The number of para-hydroxylation sites is 1. The molecule has 9 nitrogen and oxygen atoms in total. The SMILES string of the molecule is CN1C(=O)c2ccccc2N2C(=O)CC[C@@]12C(=O)OCc1cc(=O)n2ccsc2n1. The van der Waals surface area contributed by atoms with Gasteiger partial charge in [0.2, 0.25) is 11.6 Å². The standard InChI is InChI=1S/C20H16N4O5S/c1-22-17(27)13-4-2-3-5-14(13)24-15(25)6-7-20(22,24)18(28)29-11-12-10-16(26)23-8-9-30-19(23)21-12/h2-5,8-10H,6-7,11H2,1H3/t20-/m1/s1. The van der Waals surface area contributed by atoms with Crippen LogP contribution in [0.15, 0.2) is 46.7 Å². The summed E-state index contributed by atoms with van der Waals surface area (Å²) in [6.07, 6.45) is 1.86. The van der Waals surface area contributed by atoms with Gasteiger partial charge in [0.05, 0.1) is 16.9 Å². The van der Waals surface area contributed by atoms with Crippen LogP contribution >= 0.6 is 11.3 Å². The maximum absolute atomic E-state index is 13.3. The molecule has 0 unspecified atom stereocenters. The third-order valence-electron chi connectivity index (χ3n) is 5.58. The highest BCUT2D eigenvalue weighted by molar-refractivity contribution is 7.15. The van der Waals surface area contributed by atoms with Crippen LogP contribution in [0.3, 0.4) is 0 Å². The van der Waals surface area contributed by atoms with E-state index in [0.29, 0.717) is 21.9 Å². The van der Waals surface area contributed by atoms with Crippen LogP contribution in [0.4, 0.5) is 5.69 Å². The molecule has 5 rings (SSSR count). The number of hydrogen-bond donors (Lipinski definition) is 0. The number of anilines is 1. The molecule has 152 valence electrons. The Hall–Kier alpha value is -3.53. The molecule has 30 heavy (non-hydrogen) atoms. The van der Waals surface area contributed by atoms with Gasteiger partial charge in [-0.25, -0.2) is 9.78 Å². The molecule has 4 heterocycles. The van der Waals surface area contributed by atoms with Gasteiger partial charge in [0.1, 0.15) is 6.61 Å². The van der Waals surface area contributed by atoms with E-state index in [0.717, 1.165) is 0 Å². The largest absolute Gasteiger partial charge is 0.456 e. The Morgan fingerprint density at radius 1 is 1.27 bits per heavy atom. The fourth-order valence-corrected chi connectivity index (χ4v) is 4.85. The molecule has 0 spiro atoms. The van der Waals surface area contributed by atoms with Crippen LogP contribution < -0.4 is 10.5 Å². The van der Waals surface area contributed by atoms with Crippen LogP contribution in [-0.2, 0) is 20.9 Å². The smallest absolute Gasteiger partial charge is 0.354 e. The second kappa shape index (κ2) is 6.49. The quantitative estimate of drug-likeness (QED) is 0.589. The number of benzene rings is 1. The van der Waals surface area contributed by atoms with Gasteiger partial charge < -0.3 is 9.64 Å². The number of aromatic nitrogens is 2. The van der Waals surface area contributed by atoms with Crippen molar-refractivity contribution in [1.82, 2.24) is 14.3 Å². The van der Waals surface area contributed by atoms with Crippen molar-refractivity contribution >= 4 is 39.8 Å². The summed E-state index contributed by atoms with van der Waals surface area (Å²) in [4.78, 5) is 58.5. The fourth-order valence-electron chi connectivity index (χ4n) is 4.11. The van der Waals surface area contributed by atoms with E-state index in [-0.39, 0.29) is 36.8 Å². The van der Waals surface area contributed by atoms with Crippen molar-refractivity contribution in [2.45, 2.75) is 25.1 Å². The number of amides is 2. The lowest BCUT2D eigenvalue weighted by Gasteiger charge is -2.46. The molecule has 0 saturated carbocycles. The lowest BCUT2D eigenvalue weighted by molar-refractivity contribution is -0.158. The topological polar surface area (TPSA) is 101 Å². The van der Waals surface area contributed by atoms with Crippen LogP contribution in [0, 0.1) is 0 Å². The molecular formula is C20H16N4O5S. The first-order valence-corrected chi connectivity index (χ1v) is 10.1.